The maximum atomic E-state index is 11.9. The lowest BCUT2D eigenvalue weighted by molar-refractivity contribution is 0.0921. The number of aromatic nitrogens is 2. The second-order valence-electron chi connectivity index (χ2n) is 4.16. The highest BCUT2D eigenvalue weighted by Gasteiger charge is 2.09. The Morgan fingerprint density at radius 3 is 2.79 bits per heavy atom. The Hall–Kier alpha value is -1.81. The Labute approximate surface area is 116 Å². The van der Waals surface area contributed by atoms with Gasteiger partial charge in [0.05, 0.1) is 11.8 Å². The van der Waals surface area contributed by atoms with Gasteiger partial charge in [-0.25, -0.2) is 0 Å². The Morgan fingerprint density at radius 2 is 2.11 bits per heavy atom. The van der Waals surface area contributed by atoms with Crippen molar-refractivity contribution in [2.75, 3.05) is 6.61 Å². The molecule has 4 nitrogen and oxygen atoms in total. The molecular weight excluding hydrogens is 264 g/mol. The van der Waals surface area contributed by atoms with E-state index in [1.807, 2.05) is 0 Å². The van der Waals surface area contributed by atoms with Gasteiger partial charge in [0.1, 0.15) is 5.75 Å². The number of halogens is 1. The summed E-state index contributed by atoms with van der Waals surface area (Å²) in [4.78, 5) is 11.9. The molecule has 1 heterocycles. The van der Waals surface area contributed by atoms with Crippen molar-refractivity contribution >= 4 is 17.4 Å². The Balaban J connectivity index is 1.91. The molecule has 2 rings (SSSR count). The van der Waals surface area contributed by atoms with E-state index in [9.17, 15) is 4.79 Å². The number of aryl methyl sites for hydroxylation is 1. The molecule has 0 saturated carbocycles. The van der Waals surface area contributed by atoms with E-state index >= 15 is 0 Å². The summed E-state index contributed by atoms with van der Waals surface area (Å²) < 4.78 is 7.16. The van der Waals surface area contributed by atoms with Crippen LogP contribution in [0.15, 0.2) is 36.7 Å². The molecule has 19 heavy (non-hydrogen) atoms. The molecule has 0 aliphatic rings. The van der Waals surface area contributed by atoms with Gasteiger partial charge in [-0.1, -0.05) is 18.5 Å². The number of carbonyl (C=O) groups is 1. The van der Waals surface area contributed by atoms with Crippen LogP contribution in [0.25, 0.3) is 0 Å². The molecule has 0 unspecified atom stereocenters. The largest absolute Gasteiger partial charge is 0.485 e. The van der Waals surface area contributed by atoms with Crippen molar-refractivity contribution < 1.29 is 9.53 Å². The van der Waals surface area contributed by atoms with Crippen molar-refractivity contribution in [1.29, 1.82) is 0 Å². The summed E-state index contributed by atoms with van der Waals surface area (Å²) in [6.45, 7) is 2.87. The van der Waals surface area contributed by atoms with Gasteiger partial charge in [-0.3, -0.25) is 9.48 Å². The van der Waals surface area contributed by atoms with E-state index in [2.05, 4.69) is 12.0 Å². The summed E-state index contributed by atoms with van der Waals surface area (Å²) in [6, 6.07) is 6.91. The smallest absolute Gasteiger partial charge is 0.203 e. The van der Waals surface area contributed by atoms with Crippen LogP contribution < -0.4 is 4.74 Å². The monoisotopic (exact) mass is 278 g/mol. The first-order valence-corrected chi connectivity index (χ1v) is 6.51. The lowest BCUT2D eigenvalue weighted by Crippen LogP contribution is -2.10. The van der Waals surface area contributed by atoms with Crippen LogP contribution in [0.1, 0.15) is 23.7 Å². The van der Waals surface area contributed by atoms with Crippen LogP contribution in [-0.4, -0.2) is 22.2 Å². The predicted octanol–water partition coefficient (Wildman–Crippen LogP) is 3.21. The first kappa shape index (κ1) is 13.6. The van der Waals surface area contributed by atoms with Gasteiger partial charge in [0.25, 0.3) is 0 Å². The second-order valence-corrected chi connectivity index (χ2v) is 4.59. The predicted molar refractivity (Wildman–Crippen MR) is 73.8 cm³/mol. The molecule has 0 saturated heterocycles. The number of hydrogen-bond donors (Lipinski definition) is 0. The lowest BCUT2D eigenvalue weighted by Gasteiger charge is -2.04. The van der Waals surface area contributed by atoms with Crippen molar-refractivity contribution in [1.82, 2.24) is 9.78 Å². The number of hydrogen-bond acceptors (Lipinski definition) is 3. The highest BCUT2D eigenvalue weighted by atomic mass is 35.5. The van der Waals surface area contributed by atoms with Crippen LogP contribution >= 0.6 is 11.6 Å². The number of carbonyl (C=O) groups excluding carboxylic acids is 1. The minimum atomic E-state index is -0.0858. The van der Waals surface area contributed by atoms with Crippen LogP contribution in [0.4, 0.5) is 0 Å². The molecule has 0 fully saturated rings. The first-order valence-electron chi connectivity index (χ1n) is 6.13. The molecule has 1 aromatic heterocycles. The highest BCUT2D eigenvalue weighted by molar-refractivity contribution is 6.30. The summed E-state index contributed by atoms with van der Waals surface area (Å²) in [7, 11) is 0. The summed E-state index contributed by atoms with van der Waals surface area (Å²) in [5.74, 6) is 0.538. The van der Waals surface area contributed by atoms with Crippen LogP contribution in [-0.2, 0) is 6.54 Å². The number of benzene rings is 1. The number of ketones is 1. The third-order valence-electron chi connectivity index (χ3n) is 2.59. The zero-order valence-electron chi connectivity index (χ0n) is 10.7. The van der Waals surface area contributed by atoms with Gasteiger partial charge in [-0.05, 0) is 30.7 Å². The summed E-state index contributed by atoms with van der Waals surface area (Å²) in [6.07, 6.45) is 4.30. The Bertz CT molecular complexity index is 549. The molecule has 0 radical (unpaired) electrons. The van der Waals surface area contributed by atoms with E-state index in [0.29, 0.717) is 16.3 Å². The van der Waals surface area contributed by atoms with Crippen molar-refractivity contribution in [2.45, 2.75) is 19.9 Å². The molecule has 2 aromatic rings. The van der Waals surface area contributed by atoms with E-state index in [0.717, 1.165) is 13.0 Å². The van der Waals surface area contributed by atoms with E-state index < -0.39 is 0 Å². The number of rotatable bonds is 6. The molecule has 0 aliphatic heterocycles. The first-order chi connectivity index (χ1) is 9.19. The molecule has 0 N–H and O–H groups in total. The fourth-order valence-electron chi connectivity index (χ4n) is 1.62. The third-order valence-corrected chi connectivity index (χ3v) is 2.84. The van der Waals surface area contributed by atoms with Crippen LogP contribution in [0.2, 0.25) is 5.02 Å². The highest BCUT2D eigenvalue weighted by Crippen LogP contribution is 2.15. The Morgan fingerprint density at radius 1 is 1.37 bits per heavy atom. The molecule has 0 atom stereocenters. The van der Waals surface area contributed by atoms with Gasteiger partial charge in [-0.2, -0.15) is 5.10 Å². The van der Waals surface area contributed by atoms with Crippen LogP contribution in [0, 0.1) is 0 Å². The van der Waals surface area contributed by atoms with Gasteiger partial charge in [0.15, 0.2) is 6.61 Å². The fourth-order valence-corrected chi connectivity index (χ4v) is 1.75. The van der Waals surface area contributed by atoms with Gasteiger partial charge in [-0.15, -0.1) is 0 Å². The average Bonchev–Trinajstić information content (AvgIpc) is 2.87. The van der Waals surface area contributed by atoms with Crippen LogP contribution in [0.5, 0.6) is 5.75 Å². The van der Waals surface area contributed by atoms with Crippen molar-refractivity contribution in [3.63, 3.8) is 0 Å². The number of ether oxygens (including phenoxy) is 1. The summed E-state index contributed by atoms with van der Waals surface area (Å²) in [5, 5.41) is 4.75. The van der Waals surface area contributed by atoms with Crippen molar-refractivity contribution in [3.05, 3.63) is 47.2 Å². The molecular formula is C14H15ClN2O2. The minimum absolute atomic E-state index is 0.000545. The van der Waals surface area contributed by atoms with E-state index in [4.69, 9.17) is 16.3 Å². The summed E-state index contributed by atoms with van der Waals surface area (Å²) >= 11 is 5.77. The molecule has 0 amide bonds. The standard InChI is InChI=1S/C14H15ClN2O2/c1-2-7-17-9-11(8-16-17)14(18)10-19-13-5-3-12(15)4-6-13/h3-6,8-9H,2,7,10H2,1H3. The van der Waals surface area contributed by atoms with E-state index in [-0.39, 0.29) is 12.4 Å². The van der Waals surface area contributed by atoms with Crippen molar-refractivity contribution in [2.24, 2.45) is 0 Å². The maximum Gasteiger partial charge on any atom is 0.203 e. The zero-order valence-corrected chi connectivity index (χ0v) is 11.4. The average molecular weight is 279 g/mol. The normalized spacial score (nSPS) is 10.4. The molecule has 100 valence electrons. The van der Waals surface area contributed by atoms with Gasteiger partial charge in [0, 0.05) is 17.8 Å². The SMILES string of the molecule is CCCn1cc(C(=O)COc2ccc(Cl)cc2)cn1. The molecule has 0 spiro atoms. The third kappa shape index (κ3) is 3.83. The fraction of sp³-hybridized carbons (Fsp3) is 0.286. The summed E-state index contributed by atoms with van der Waals surface area (Å²) in [5.41, 5.74) is 0.572. The van der Waals surface area contributed by atoms with Gasteiger partial charge >= 0.3 is 0 Å². The topological polar surface area (TPSA) is 44.1 Å². The Kier molecular flexibility index (Phi) is 4.58. The molecule has 0 bridgehead atoms. The van der Waals surface area contributed by atoms with Crippen molar-refractivity contribution in [3.8, 4) is 5.75 Å². The van der Waals surface area contributed by atoms with E-state index in [1.54, 1.807) is 41.3 Å². The number of Topliss-reactive ketones (excluding diaryl/α,β-unsaturated/α-hetero) is 1. The molecule has 0 aliphatic carbocycles. The number of nitrogens with zero attached hydrogens (tertiary/aromatic N) is 2. The molecule has 5 heteroatoms. The zero-order chi connectivity index (χ0) is 13.7. The minimum Gasteiger partial charge on any atom is -0.485 e. The maximum absolute atomic E-state index is 11.9. The second kappa shape index (κ2) is 6.38. The lowest BCUT2D eigenvalue weighted by atomic mass is 10.2. The van der Waals surface area contributed by atoms with Crippen LogP contribution in [0.3, 0.4) is 0 Å². The van der Waals surface area contributed by atoms with Gasteiger partial charge in [0.2, 0.25) is 5.78 Å². The molecule has 1 aromatic carbocycles. The van der Waals surface area contributed by atoms with Gasteiger partial charge < -0.3 is 4.74 Å². The van der Waals surface area contributed by atoms with E-state index in [1.165, 1.54) is 0 Å². The quantitative estimate of drug-likeness (QED) is 0.762.